The van der Waals surface area contributed by atoms with Gasteiger partial charge in [-0.3, -0.25) is 0 Å². The average Bonchev–Trinajstić information content (AvgIpc) is 2.03. The molecule has 5 heteroatoms. The van der Waals surface area contributed by atoms with Crippen molar-refractivity contribution in [2.75, 3.05) is 0 Å². The van der Waals surface area contributed by atoms with Crippen molar-refractivity contribution in [3.05, 3.63) is 42.0 Å². The first-order chi connectivity index (χ1) is 6.01. The Morgan fingerprint density at radius 2 is 1.79 bits per heavy atom. The summed E-state index contributed by atoms with van der Waals surface area (Å²) in [7, 11) is -4.17. The van der Waals surface area contributed by atoms with Crippen LogP contribution in [0.25, 0.3) is 6.08 Å². The molecule has 0 unspecified atom stereocenters. The first-order valence-corrected chi connectivity index (χ1v) is 5.24. The quantitative estimate of drug-likeness (QED) is 0.468. The van der Waals surface area contributed by atoms with Crippen LogP contribution < -0.4 is 51.4 Å². The summed E-state index contributed by atoms with van der Waals surface area (Å²) in [5, 5.41) is 0. The fourth-order valence-electron chi connectivity index (χ4n) is 0.954. The van der Waals surface area contributed by atoms with Crippen LogP contribution in [0.15, 0.2) is 30.8 Å². The predicted octanol–water partition coefficient (Wildman–Crippen LogP) is -1.62. The monoisotopic (exact) mass is 236 g/mol. The van der Waals surface area contributed by atoms with E-state index in [1.165, 1.54) is 0 Å². The molecule has 0 aromatic heterocycles. The Hall–Kier alpha value is 0.506. The molecule has 0 bridgehead atoms. The molecule has 70 valence electrons. The van der Waals surface area contributed by atoms with Gasteiger partial charge in [-0.25, -0.2) is 8.42 Å². The van der Waals surface area contributed by atoms with Crippen molar-refractivity contribution >= 4 is 16.2 Å². The maximum Gasteiger partial charge on any atom is 1.00 e. The number of hydrogen-bond acceptors (Lipinski definition) is 3. The van der Waals surface area contributed by atoms with Gasteiger partial charge >= 0.3 is 51.4 Å². The molecular formula is C9H9KO3S. The third-order valence-corrected chi connectivity index (χ3v) is 2.25. The molecule has 1 rings (SSSR count). The van der Waals surface area contributed by atoms with Gasteiger partial charge in [0.2, 0.25) is 0 Å². The Kier molecular flexibility index (Phi) is 6.39. The van der Waals surface area contributed by atoms with E-state index in [4.69, 9.17) is 0 Å². The van der Waals surface area contributed by atoms with E-state index in [0.29, 0.717) is 5.56 Å². The second-order valence-corrected chi connectivity index (χ2v) is 4.05. The van der Waals surface area contributed by atoms with Crippen LogP contribution >= 0.6 is 0 Å². The van der Waals surface area contributed by atoms with E-state index < -0.39 is 15.9 Å². The molecule has 14 heavy (non-hydrogen) atoms. The van der Waals surface area contributed by atoms with Gasteiger partial charge in [-0.2, -0.15) is 0 Å². The smallest absolute Gasteiger partial charge is 0.748 e. The van der Waals surface area contributed by atoms with Crippen LogP contribution in [-0.4, -0.2) is 13.0 Å². The molecule has 0 radical (unpaired) electrons. The van der Waals surface area contributed by atoms with Gasteiger partial charge in [-0.15, -0.1) is 0 Å². The van der Waals surface area contributed by atoms with Crippen molar-refractivity contribution in [3.63, 3.8) is 0 Å². The Morgan fingerprint density at radius 1 is 1.29 bits per heavy atom. The van der Waals surface area contributed by atoms with Crippen LogP contribution in [0.3, 0.4) is 0 Å². The summed E-state index contributed by atoms with van der Waals surface area (Å²) in [6.07, 6.45) is 1.65. The molecule has 0 fully saturated rings. The molecule has 0 amide bonds. The van der Waals surface area contributed by atoms with Crippen LogP contribution in [-0.2, 0) is 15.9 Å². The van der Waals surface area contributed by atoms with E-state index in [2.05, 4.69) is 6.58 Å². The van der Waals surface area contributed by atoms with E-state index in [-0.39, 0.29) is 51.4 Å². The minimum Gasteiger partial charge on any atom is -0.748 e. The van der Waals surface area contributed by atoms with Crippen LogP contribution in [0.4, 0.5) is 0 Å². The van der Waals surface area contributed by atoms with Gasteiger partial charge in [0.1, 0.15) is 0 Å². The van der Waals surface area contributed by atoms with Gasteiger partial charge in [-0.05, 0) is 11.1 Å². The molecule has 1 aromatic rings. The second-order valence-electron chi connectivity index (χ2n) is 2.65. The predicted molar refractivity (Wildman–Crippen MR) is 49.9 cm³/mol. The Labute approximate surface area is 126 Å². The summed E-state index contributed by atoms with van der Waals surface area (Å²) >= 11 is 0. The topological polar surface area (TPSA) is 57.2 Å². The van der Waals surface area contributed by atoms with Gasteiger partial charge in [0, 0.05) is 0 Å². The third-order valence-electron chi connectivity index (χ3n) is 1.56. The summed E-state index contributed by atoms with van der Waals surface area (Å²) in [5.41, 5.74) is 1.40. The average molecular weight is 236 g/mol. The molecule has 0 heterocycles. The van der Waals surface area contributed by atoms with Crippen LogP contribution in [0.1, 0.15) is 11.1 Å². The maximum absolute atomic E-state index is 10.4. The summed E-state index contributed by atoms with van der Waals surface area (Å²) < 4.78 is 31.1. The Morgan fingerprint density at radius 3 is 2.14 bits per heavy atom. The molecule has 3 nitrogen and oxygen atoms in total. The summed E-state index contributed by atoms with van der Waals surface area (Å²) in [6, 6.07) is 6.64. The fourth-order valence-corrected chi connectivity index (χ4v) is 1.55. The second kappa shape index (κ2) is 6.17. The van der Waals surface area contributed by atoms with Crippen molar-refractivity contribution in [3.8, 4) is 0 Å². The fraction of sp³-hybridized carbons (Fsp3) is 0.111. The number of benzene rings is 1. The van der Waals surface area contributed by atoms with Crippen molar-refractivity contribution in [1.29, 1.82) is 0 Å². The van der Waals surface area contributed by atoms with Crippen molar-refractivity contribution in [1.82, 2.24) is 0 Å². The van der Waals surface area contributed by atoms with Crippen LogP contribution in [0.2, 0.25) is 0 Å². The SMILES string of the molecule is C=Cc1ccc(CS(=O)(=O)[O-])cc1.[K+]. The maximum atomic E-state index is 10.4. The van der Waals surface area contributed by atoms with E-state index in [9.17, 15) is 13.0 Å². The van der Waals surface area contributed by atoms with Crippen LogP contribution in [0, 0.1) is 0 Å². The molecule has 0 saturated carbocycles. The first kappa shape index (κ1) is 14.5. The zero-order chi connectivity index (χ0) is 9.90. The van der Waals surface area contributed by atoms with Gasteiger partial charge in [0.15, 0.2) is 0 Å². The van der Waals surface area contributed by atoms with E-state index >= 15 is 0 Å². The minimum absolute atomic E-state index is 0. The normalized spacial score (nSPS) is 10.4. The summed E-state index contributed by atoms with van der Waals surface area (Å²) in [5.74, 6) is -0.454. The number of hydrogen-bond donors (Lipinski definition) is 0. The van der Waals surface area contributed by atoms with Crippen LogP contribution in [0.5, 0.6) is 0 Å². The number of rotatable bonds is 3. The molecule has 0 aliphatic carbocycles. The molecule has 0 spiro atoms. The van der Waals surface area contributed by atoms with Crippen molar-refractivity contribution < 1.29 is 64.4 Å². The largest absolute Gasteiger partial charge is 1.00 e. The summed E-state index contributed by atoms with van der Waals surface area (Å²) in [4.78, 5) is 0. The minimum atomic E-state index is -4.17. The molecule has 0 atom stereocenters. The van der Waals surface area contributed by atoms with E-state index in [1.54, 1.807) is 30.3 Å². The molecule has 0 aliphatic rings. The molecule has 1 aromatic carbocycles. The van der Waals surface area contributed by atoms with E-state index in [1.807, 2.05) is 0 Å². The van der Waals surface area contributed by atoms with Crippen molar-refractivity contribution in [2.24, 2.45) is 0 Å². The van der Waals surface area contributed by atoms with Gasteiger partial charge in [-0.1, -0.05) is 36.9 Å². The van der Waals surface area contributed by atoms with Gasteiger partial charge < -0.3 is 4.55 Å². The van der Waals surface area contributed by atoms with Gasteiger partial charge in [0.25, 0.3) is 0 Å². The van der Waals surface area contributed by atoms with Crippen molar-refractivity contribution in [2.45, 2.75) is 5.75 Å². The third kappa shape index (κ3) is 5.40. The molecule has 0 N–H and O–H groups in total. The standard InChI is InChI=1S/C9H10O3S.K/c1-2-8-3-5-9(6-4-8)7-13(10,11)12;/h2-6H,1,7H2,(H,10,11,12);/q;+1/p-1. The zero-order valence-electron chi connectivity index (χ0n) is 7.93. The summed E-state index contributed by atoms with van der Waals surface area (Å²) in [6.45, 7) is 3.56. The molecule has 0 saturated heterocycles. The first-order valence-electron chi connectivity index (χ1n) is 3.66. The zero-order valence-corrected chi connectivity index (χ0v) is 11.9. The Balaban J connectivity index is 0.00000169. The molecule has 0 aliphatic heterocycles. The van der Waals surface area contributed by atoms with Gasteiger partial charge in [0.05, 0.1) is 15.9 Å². The Bertz CT molecular complexity index is 395. The molecular weight excluding hydrogens is 227 g/mol. The van der Waals surface area contributed by atoms with E-state index in [0.717, 1.165) is 5.56 Å².